The van der Waals surface area contributed by atoms with Crippen LogP contribution < -0.4 is 16.0 Å². The summed E-state index contributed by atoms with van der Waals surface area (Å²) >= 11 is 0. The van der Waals surface area contributed by atoms with Crippen molar-refractivity contribution >= 4 is 35.8 Å². The molecule has 0 fully saturated rings. The molecule has 1 aromatic heterocycles. The van der Waals surface area contributed by atoms with Crippen LogP contribution in [0.5, 0.6) is 0 Å². The fraction of sp³-hybridized carbons (Fsp3) is 0.429. The van der Waals surface area contributed by atoms with Crippen LogP contribution in [-0.4, -0.2) is 37.6 Å². The SMILES string of the molecule is CN=C(NCCCCNc1ccccn1)NCC(C)(C)c1ccccc1.I. The molecule has 0 aliphatic rings. The number of nitrogens with one attached hydrogen (secondary N) is 3. The third-order valence-corrected chi connectivity index (χ3v) is 4.34. The van der Waals surface area contributed by atoms with E-state index in [0.29, 0.717) is 0 Å². The van der Waals surface area contributed by atoms with E-state index in [2.05, 4.69) is 70.1 Å². The second-order valence-corrected chi connectivity index (χ2v) is 6.95. The van der Waals surface area contributed by atoms with Gasteiger partial charge in [-0.3, -0.25) is 4.99 Å². The average Bonchev–Trinajstić information content (AvgIpc) is 2.68. The van der Waals surface area contributed by atoms with E-state index in [-0.39, 0.29) is 29.4 Å². The second kappa shape index (κ2) is 12.5. The fourth-order valence-corrected chi connectivity index (χ4v) is 2.66. The van der Waals surface area contributed by atoms with Gasteiger partial charge in [-0.25, -0.2) is 4.98 Å². The van der Waals surface area contributed by atoms with Crippen LogP contribution in [0.1, 0.15) is 32.3 Å². The van der Waals surface area contributed by atoms with Crippen molar-refractivity contribution in [1.29, 1.82) is 0 Å². The minimum Gasteiger partial charge on any atom is -0.370 e. The van der Waals surface area contributed by atoms with E-state index >= 15 is 0 Å². The third-order valence-electron chi connectivity index (χ3n) is 4.34. The molecule has 6 heteroatoms. The summed E-state index contributed by atoms with van der Waals surface area (Å²) in [6, 6.07) is 16.5. The standard InChI is InChI=1S/C21H31N5.HI/c1-21(2,18-11-5-4-6-12-18)17-26-20(22-3)25-16-10-9-15-24-19-13-7-8-14-23-19;/h4-8,11-14H,9-10,15-17H2,1-3H3,(H,23,24)(H2,22,25,26);1H. The van der Waals surface area contributed by atoms with Gasteiger partial charge in [0.2, 0.25) is 0 Å². The lowest BCUT2D eigenvalue weighted by atomic mass is 9.85. The van der Waals surface area contributed by atoms with Crippen LogP contribution in [0.2, 0.25) is 0 Å². The zero-order chi connectivity index (χ0) is 18.7. The molecule has 0 atom stereocenters. The van der Waals surface area contributed by atoms with E-state index in [1.165, 1.54) is 5.56 Å². The number of benzene rings is 1. The zero-order valence-corrected chi connectivity index (χ0v) is 18.9. The van der Waals surface area contributed by atoms with Gasteiger partial charge in [0.25, 0.3) is 0 Å². The summed E-state index contributed by atoms with van der Waals surface area (Å²) in [4.78, 5) is 8.57. The maximum absolute atomic E-state index is 4.32. The maximum atomic E-state index is 4.32. The highest BCUT2D eigenvalue weighted by molar-refractivity contribution is 14.0. The summed E-state index contributed by atoms with van der Waals surface area (Å²) in [5, 5.41) is 10.2. The molecule has 0 spiro atoms. The molecule has 2 aromatic rings. The molecule has 1 heterocycles. The third kappa shape index (κ3) is 8.60. The molecule has 5 nitrogen and oxygen atoms in total. The largest absolute Gasteiger partial charge is 0.370 e. The van der Waals surface area contributed by atoms with Crippen LogP contribution in [-0.2, 0) is 5.41 Å². The Hall–Kier alpha value is -1.83. The van der Waals surface area contributed by atoms with E-state index in [9.17, 15) is 0 Å². The highest BCUT2D eigenvalue weighted by Crippen LogP contribution is 2.21. The first-order valence-electron chi connectivity index (χ1n) is 9.27. The first-order valence-corrected chi connectivity index (χ1v) is 9.27. The first kappa shape index (κ1) is 23.2. The molecule has 0 amide bonds. The summed E-state index contributed by atoms with van der Waals surface area (Å²) in [5.41, 5.74) is 1.37. The van der Waals surface area contributed by atoms with Crippen molar-refractivity contribution in [2.75, 3.05) is 32.0 Å². The number of guanidine groups is 1. The van der Waals surface area contributed by atoms with Crippen molar-refractivity contribution < 1.29 is 0 Å². The Balaban J connectivity index is 0.00000364. The van der Waals surface area contributed by atoms with Crippen molar-refractivity contribution in [3.05, 3.63) is 60.3 Å². The summed E-state index contributed by atoms with van der Waals surface area (Å²) < 4.78 is 0. The predicted molar refractivity (Wildman–Crippen MR) is 126 cm³/mol. The molecule has 0 radical (unpaired) electrons. The summed E-state index contributed by atoms with van der Waals surface area (Å²) in [6.45, 7) is 7.14. The van der Waals surface area contributed by atoms with Crippen molar-refractivity contribution in [1.82, 2.24) is 15.6 Å². The van der Waals surface area contributed by atoms with Gasteiger partial charge in [-0.2, -0.15) is 0 Å². The molecule has 0 unspecified atom stereocenters. The van der Waals surface area contributed by atoms with E-state index < -0.39 is 0 Å². The minimum absolute atomic E-state index is 0. The zero-order valence-electron chi connectivity index (χ0n) is 16.5. The molecule has 148 valence electrons. The number of hydrogen-bond acceptors (Lipinski definition) is 3. The van der Waals surface area contributed by atoms with Gasteiger partial charge in [0.1, 0.15) is 5.82 Å². The van der Waals surface area contributed by atoms with Crippen LogP contribution in [0, 0.1) is 0 Å². The second-order valence-electron chi connectivity index (χ2n) is 6.95. The molecule has 0 saturated heterocycles. The van der Waals surface area contributed by atoms with E-state index in [0.717, 1.165) is 44.3 Å². The van der Waals surface area contributed by atoms with Gasteiger partial charge in [-0.05, 0) is 30.5 Å². The molecule has 0 bridgehead atoms. The Morgan fingerprint density at radius 1 is 0.963 bits per heavy atom. The molecule has 27 heavy (non-hydrogen) atoms. The summed E-state index contributed by atoms with van der Waals surface area (Å²) in [5.74, 6) is 1.78. The molecule has 0 aliphatic heterocycles. The number of aliphatic imine (C=N–C) groups is 1. The first-order chi connectivity index (χ1) is 12.6. The van der Waals surface area contributed by atoms with Crippen molar-refractivity contribution in [3.63, 3.8) is 0 Å². The highest BCUT2D eigenvalue weighted by Gasteiger charge is 2.20. The van der Waals surface area contributed by atoms with Crippen LogP contribution in [0.25, 0.3) is 0 Å². The van der Waals surface area contributed by atoms with Crippen LogP contribution >= 0.6 is 24.0 Å². The molecule has 1 aromatic carbocycles. The maximum Gasteiger partial charge on any atom is 0.191 e. The number of aromatic nitrogens is 1. The lowest BCUT2D eigenvalue weighted by molar-refractivity contribution is 0.508. The van der Waals surface area contributed by atoms with Gasteiger partial charge in [0.05, 0.1) is 0 Å². The Labute approximate surface area is 180 Å². The van der Waals surface area contributed by atoms with Gasteiger partial charge in [-0.15, -0.1) is 24.0 Å². The van der Waals surface area contributed by atoms with Crippen LogP contribution in [0.4, 0.5) is 5.82 Å². The Morgan fingerprint density at radius 3 is 2.33 bits per heavy atom. The number of pyridine rings is 1. The van der Waals surface area contributed by atoms with Crippen molar-refractivity contribution in [2.45, 2.75) is 32.1 Å². The number of nitrogens with zero attached hydrogens (tertiary/aromatic N) is 2. The van der Waals surface area contributed by atoms with Gasteiger partial charge in [0.15, 0.2) is 5.96 Å². The lowest BCUT2D eigenvalue weighted by Crippen LogP contribution is -2.43. The Morgan fingerprint density at radius 2 is 1.67 bits per heavy atom. The number of hydrogen-bond donors (Lipinski definition) is 3. The van der Waals surface area contributed by atoms with E-state index in [1.54, 1.807) is 6.20 Å². The van der Waals surface area contributed by atoms with Crippen LogP contribution in [0.3, 0.4) is 0 Å². The predicted octanol–water partition coefficient (Wildman–Crippen LogP) is 4.03. The molecule has 0 aliphatic carbocycles. The average molecular weight is 481 g/mol. The Kier molecular flexibility index (Phi) is 10.8. The number of rotatable bonds is 9. The Bertz CT molecular complexity index is 659. The normalized spacial score (nSPS) is 11.4. The van der Waals surface area contributed by atoms with E-state index in [4.69, 9.17) is 0 Å². The molecule has 3 N–H and O–H groups in total. The highest BCUT2D eigenvalue weighted by atomic mass is 127. The summed E-state index contributed by atoms with van der Waals surface area (Å²) in [7, 11) is 1.81. The van der Waals surface area contributed by atoms with Gasteiger partial charge in [0, 0.05) is 38.3 Å². The van der Waals surface area contributed by atoms with Gasteiger partial charge < -0.3 is 16.0 Å². The quantitative estimate of drug-likeness (QED) is 0.219. The number of unbranched alkanes of at least 4 members (excludes halogenated alkanes) is 1. The smallest absolute Gasteiger partial charge is 0.191 e. The fourth-order valence-electron chi connectivity index (χ4n) is 2.66. The molecular weight excluding hydrogens is 449 g/mol. The van der Waals surface area contributed by atoms with Gasteiger partial charge >= 0.3 is 0 Å². The number of anilines is 1. The van der Waals surface area contributed by atoms with Crippen molar-refractivity contribution in [3.8, 4) is 0 Å². The van der Waals surface area contributed by atoms with Gasteiger partial charge in [-0.1, -0.05) is 50.2 Å². The molecular formula is C21H32IN5. The minimum atomic E-state index is 0. The number of halogens is 1. The molecule has 2 rings (SSSR count). The van der Waals surface area contributed by atoms with E-state index in [1.807, 2.05) is 25.2 Å². The topological polar surface area (TPSA) is 61.3 Å². The monoisotopic (exact) mass is 481 g/mol. The molecule has 0 saturated carbocycles. The van der Waals surface area contributed by atoms with Crippen LogP contribution in [0.15, 0.2) is 59.7 Å². The lowest BCUT2D eigenvalue weighted by Gasteiger charge is -2.26. The van der Waals surface area contributed by atoms with Crippen molar-refractivity contribution in [2.24, 2.45) is 4.99 Å². The summed E-state index contributed by atoms with van der Waals surface area (Å²) in [6.07, 6.45) is 3.95.